The summed E-state index contributed by atoms with van der Waals surface area (Å²) >= 11 is 0. The van der Waals surface area contributed by atoms with Crippen LogP contribution in [0.15, 0.2) is 22.2 Å². The maximum absolute atomic E-state index is 4.01. The number of nitrogens with zero attached hydrogens (tertiary/aromatic N) is 3. The van der Waals surface area contributed by atoms with Crippen LogP contribution in [0, 0.1) is 0 Å². The number of aromatic nitrogens is 1. The lowest BCUT2D eigenvalue weighted by atomic mass is 10.3. The van der Waals surface area contributed by atoms with E-state index < -0.39 is 0 Å². The molecular formula is C8H10N4. The first-order valence-corrected chi connectivity index (χ1v) is 3.43. The van der Waals surface area contributed by atoms with Gasteiger partial charge in [-0.05, 0) is 19.5 Å². The Bertz CT molecular complexity index is 306. The third-order valence-corrected chi connectivity index (χ3v) is 1.46. The molecule has 0 aliphatic carbocycles. The molecule has 0 radical (unpaired) electrons. The fraction of sp³-hybridized carbons (Fsp3) is 0.125. The third kappa shape index (κ3) is 1.47. The SMILES string of the molecule is C=Nc1cc(NC)cnc1N=C. The molecule has 0 saturated carbocycles. The second kappa shape index (κ2) is 3.61. The van der Waals surface area contributed by atoms with Crippen molar-refractivity contribution in [2.24, 2.45) is 9.98 Å². The Kier molecular flexibility index (Phi) is 2.53. The summed E-state index contributed by atoms with van der Waals surface area (Å²) in [6.45, 7) is 6.78. The van der Waals surface area contributed by atoms with Crippen LogP contribution in [0.4, 0.5) is 17.2 Å². The van der Waals surface area contributed by atoms with Crippen molar-refractivity contribution in [2.45, 2.75) is 0 Å². The molecule has 62 valence electrons. The van der Waals surface area contributed by atoms with Crippen LogP contribution in [0.25, 0.3) is 0 Å². The van der Waals surface area contributed by atoms with Gasteiger partial charge in [-0.15, -0.1) is 0 Å². The molecule has 1 rings (SSSR count). The van der Waals surface area contributed by atoms with E-state index in [2.05, 4.69) is 33.7 Å². The van der Waals surface area contributed by atoms with Gasteiger partial charge in [0.2, 0.25) is 0 Å². The first-order valence-electron chi connectivity index (χ1n) is 3.43. The molecule has 1 heterocycles. The first-order chi connectivity index (χ1) is 5.81. The molecule has 1 aromatic rings. The zero-order valence-electron chi connectivity index (χ0n) is 6.91. The Morgan fingerprint density at radius 2 is 2.17 bits per heavy atom. The molecule has 12 heavy (non-hydrogen) atoms. The van der Waals surface area contributed by atoms with Gasteiger partial charge in [0.1, 0.15) is 5.69 Å². The summed E-state index contributed by atoms with van der Waals surface area (Å²) in [5.41, 5.74) is 1.52. The number of anilines is 1. The molecule has 0 aromatic carbocycles. The average Bonchev–Trinajstić information content (AvgIpc) is 2.16. The zero-order valence-corrected chi connectivity index (χ0v) is 6.91. The van der Waals surface area contributed by atoms with E-state index in [1.54, 1.807) is 6.20 Å². The first kappa shape index (κ1) is 8.39. The Labute approximate surface area is 71.1 Å². The van der Waals surface area contributed by atoms with Crippen LogP contribution in [0.5, 0.6) is 0 Å². The maximum Gasteiger partial charge on any atom is 0.177 e. The molecule has 0 spiro atoms. The van der Waals surface area contributed by atoms with E-state index in [1.807, 2.05) is 13.1 Å². The van der Waals surface area contributed by atoms with Gasteiger partial charge >= 0.3 is 0 Å². The molecule has 0 fully saturated rings. The second-order valence-electron chi connectivity index (χ2n) is 2.13. The van der Waals surface area contributed by atoms with Gasteiger partial charge in [0.15, 0.2) is 5.82 Å². The average molecular weight is 162 g/mol. The Morgan fingerprint density at radius 3 is 2.67 bits per heavy atom. The molecule has 1 N–H and O–H groups in total. The minimum absolute atomic E-state index is 0.504. The molecule has 1 aromatic heterocycles. The normalized spacial score (nSPS) is 9.08. The Hall–Kier alpha value is -1.71. The van der Waals surface area contributed by atoms with Crippen LogP contribution >= 0.6 is 0 Å². The molecule has 0 bridgehead atoms. The van der Waals surface area contributed by atoms with Gasteiger partial charge < -0.3 is 5.32 Å². The topological polar surface area (TPSA) is 49.6 Å². The van der Waals surface area contributed by atoms with Crippen molar-refractivity contribution in [2.75, 3.05) is 12.4 Å². The van der Waals surface area contributed by atoms with E-state index >= 15 is 0 Å². The van der Waals surface area contributed by atoms with E-state index in [9.17, 15) is 0 Å². The van der Waals surface area contributed by atoms with Crippen molar-refractivity contribution in [3.05, 3.63) is 12.3 Å². The van der Waals surface area contributed by atoms with E-state index in [1.165, 1.54) is 0 Å². The van der Waals surface area contributed by atoms with Gasteiger partial charge in [-0.25, -0.2) is 9.98 Å². The number of aliphatic imine (C=N–C) groups is 2. The third-order valence-electron chi connectivity index (χ3n) is 1.46. The maximum atomic E-state index is 4.01. The summed E-state index contributed by atoms with van der Waals surface area (Å²) in [6, 6.07) is 1.81. The van der Waals surface area contributed by atoms with Crippen LogP contribution < -0.4 is 5.32 Å². The number of pyridine rings is 1. The lowest BCUT2D eigenvalue weighted by Crippen LogP contribution is -1.88. The summed E-state index contributed by atoms with van der Waals surface area (Å²) in [5.74, 6) is 0.504. The Morgan fingerprint density at radius 1 is 1.42 bits per heavy atom. The van der Waals surface area contributed by atoms with E-state index in [0.29, 0.717) is 11.5 Å². The van der Waals surface area contributed by atoms with E-state index in [-0.39, 0.29) is 0 Å². The van der Waals surface area contributed by atoms with Gasteiger partial charge in [-0.2, -0.15) is 0 Å². The van der Waals surface area contributed by atoms with Gasteiger partial charge in [-0.1, -0.05) is 0 Å². The summed E-state index contributed by atoms with van der Waals surface area (Å²) in [4.78, 5) is 11.5. The molecule has 0 saturated heterocycles. The van der Waals surface area contributed by atoms with Crippen molar-refractivity contribution in [3.8, 4) is 0 Å². The van der Waals surface area contributed by atoms with Gasteiger partial charge in [0.05, 0.1) is 11.9 Å². The smallest absolute Gasteiger partial charge is 0.177 e. The van der Waals surface area contributed by atoms with E-state index in [0.717, 1.165) is 5.69 Å². The van der Waals surface area contributed by atoms with Gasteiger partial charge in [-0.3, -0.25) is 4.99 Å². The highest BCUT2D eigenvalue weighted by Gasteiger charge is 1.99. The molecule has 0 aliphatic heterocycles. The number of nitrogens with one attached hydrogen (secondary N) is 1. The molecule has 0 unspecified atom stereocenters. The minimum atomic E-state index is 0.504. The molecule has 0 aliphatic rings. The van der Waals surface area contributed by atoms with Crippen LogP contribution in [0.3, 0.4) is 0 Å². The van der Waals surface area contributed by atoms with Gasteiger partial charge in [0, 0.05) is 7.05 Å². The Balaban J connectivity index is 3.18. The van der Waals surface area contributed by atoms with Gasteiger partial charge in [0.25, 0.3) is 0 Å². The van der Waals surface area contributed by atoms with Crippen LogP contribution in [0.2, 0.25) is 0 Å². The van der Waals surface area contributed by atoms with Crippen LogP contribution in [0.1, 0.15) is 0 Å². The summed E-state index contributed by atoms with van der Waals surface area (Å²) in [5, 5.41) is 2.94. The van der Waals surface area contributed by atoms with Crippen molar-refractivity contribution in [3.63, 3.8) is 0 Å². The molecule has 0 amide bonds. The monoisotopic (exact) mass is 162 g/mol. The van der Waals surface area contributed by atoms with Crippen molar-refractivity contribution < 1.29 is 0 Å². The lowest BCUT2D eigenvalue weighted by Gasteiger charge is -2.01. The number of hydrogen-bond acceptors (Lipinski definition) is 4. The van der Waals surface area contributed by atoms with Crippen molar-refractivity contribution >= 4 is 30.6 Å². The largest absolute Gasteiger partial charge is 0.387 e. The lowest BCUT2D eigenvalue weighted by molar-refractivity contribution is 1.26. The highest BCUT2D eigenvalue weighted by atomic mass is 15.0. The van der Waals surface area contributed by atoms with Crippen molar-refractivity contribution in [1.82, 2.24) is 4.98 Å². The quantitative estimate of drug-likeness (QED) is 0.689. The number of hydrogen-bond donors (Lipinski definition) is 1. The summed E-state index contributed by atoms with van der Waals surface area (Å²) in [6.07, 6.45) is 1.67. The minimum Gasteiger partial charge on any atom is -0.387 e. The van der Waals surface area contributed by atoms with Crippen molar-refractivity contribution in [1.29, 1.82) is 0 Å². The fourth-order valence-corrected chi connectivity index (χ4v) is 0.821. The standard InChI is InChI=1S/C8H10N4/c1-9-6-4-7(10-2)8(11-3)12-5-6/h4-5,9H,2-3H2,1H3. The number of rotatable bonds is 3. The molecule has 4 heteroatoms. The summed E-state index contributed by atoms with van der Waals surface area (Å²) in [7, 11) is 1.81. The zero-order chi connectivity index (χ0) is 8.97. The summed E-state index contributed by atoms with van der Waals surface area (Å²) < 4.78 is 0. The predicted molar refractivity (Wildman–Crippen MR) is 52.2 cm³/mol. The fourth-order valence-electron chi connectivity index (χ4n) is 0.821. The second-order valence-corrected chi connectivity index (χ2v) is 2.13. The predicted octanol–water partition coefficient (Wildman–Crippen LogP) is 1.79. The molecular weight excluding hydrogens is 152 g/mol. The van der Waals surface area contributed by atoms with Crippen LogP contribution in [-0.2, 0) is 0 Å². The molecule has 0 atom stereocenters. The van der Waals surface area contributed by atoms with Crippen LogP contribution in [-0.4, -0.2) is 25.5 Å². The van der Waals surface area contributed by atoms with E-state index in [4.69, 9.17) is 0 Å². The molecule has 4 nitrogen and oxygen atoms in total. The highest BCUT2D eigenvalue weighted by Crippen LogP contribution is 2.26. The highest BCUT2D eigenvalue weighted by molar-refractivity contribution is 5.67.